The first kappa shape index (κ1) is 27.7. The molecule has 0 radical (unpaired) electrons. The van der Waals surface area contributed by atoms with Crippen molar-refractivity contribution in [3.05, 3.63) is 69.7 Å². The maximum Gasteiger partial charge on any atom is 0.416 e. The molecule has 0 aromatic heterocycles. The first-order chi connectivity index (χ1) is 17.1. The van der Waals surface area contributed by atoms with E-state index in [0.717, 1.165) is 5.56 Å². The summed E-state index contributed by atoms with van der Waals surface area (Å²) in [5, 5.41) is 0.469. The zero-order valence-corrected chi connectivity index (χ0v) is 20.9. The normalized spacial score (nSPS) is 23.2. The summed E-state index contributed by atoms with van der Waals surface area (Å²) in [6.45, 7) is 0.724. The highest BCUT2D eigenvalue weighted by atomic mass is 35.5. The Hall–Kier alpha value is -2.31. The minimum absolute atomic E-state index is 0.00998. The van der Waals surface area contributed by atoms with Gasteiger partial charge in [0.1, 0.15) is 0 Å². The largest absolute Gasteiger partial charge is 0.416 e. The van der Waals surface area contributed by atoms with Crippen molar-refractivity contribution in [2.24, 2.45) is 0 Å². The lowest BCUT2D eigenvalue weighted by atomic mass is 9.84. The number of hydrogen-bond donors (Lipinski definition) is 0. The van der Waals surface area contributed by atoms with Gasteiger partial charge in [-0.1, -0.05) is 23.7 Å². The molecule has 4 rings (SSSR count). The number of benzene rings is 2. The lowest BCUT2D eigenvalue weighted by Crippen LogP contribution is -2.54. The van der Waals surface area contributed by atoms with E-state index in [-0.39, 0.29) is 42.6 Å². The summed E-state index contributed by atoms with van der Waals surface area (Å²) in [6.07, 6.45) is -9.77. The van der Waals surface area contributed by atoms with Gasteiger partial charge in [0.25, 0.3) is 5.91 Å². The molecule has 2 heterocycles. The molecule has 2 saturated heterocycles. The van der Waals surface area contributed by atoms with Gasteiger partial charge < -0.3 is 4.90 Å². The molecule has 5 nitrogen and oxygen atoms in total. The molecule has 2 atom stereocenters. The molecular formula is C24H23ClF6N2O3S. The Morgan fingerprint density at radius 1 is 0.865 bits per heavy atom. The molecule has 0 unspecified atom stereocenters. The Morgan fingerprint density at radius 3 is 1.92 bits per heavy atom. The number of halogens is 7. The summed E-state index contributed by atoms with van der Waals surface area (Å²) in [5.74, 6) is -1.31. The van der Waals surface area contributed by atoms with Gasteiger partial charge in [0.2, 0.25) is 0 Å². The highest BCUT2D eigenvalue weighted by molar-refractivity contribution is 7.91. The smallest absolute Gasteiger partial charge is 0.338 e. The van der Waals surface area contributed by atoms with Crippen LogP contribution in [0.15, 0.2) is 42.5 Å². The molecule has 2 aliphatic rings. The minimum Gasteiger partial charge on any atom is -0.338 e. The lowest BCUT2D eigenvalue weighted by Gasteiger charge is -2.45. The minimum atomic E-state index is -5.07. The van der Waals surface area contributed by atoms with E-state index in [1.807, 2.05) is 4.90 Å². The number of nitrogens with zero attached hydrogens (tertiary/aromatic N) is 2. The molecule has 37 heavy (non-hydrogen) atoms. The molecule has 2 aromatic carbocycles. The molecule has 2 aliphatic heterocycles. The summed E-state index contributed by atoms with van der Waals surface area (Å²) >= 11 is 6.00. The fourth-order valence-electron chi connectivity index (χ4n) is 4.92. The van der Waals surface area contributed by atoms with Crippen LogP contribution in [0.1, 0.15) is 39.4 Å². The number of carbonyl (C=O) groups is 1. The van der Waals surface area contributed by atoms with Crippen molar-refractivity contribution in [1.29, 1.82) is 0 Å². The monoisotopic (exact) mass is 568 g/mol. The van der Waals surface area contributed by atoms with Crippen molar-refractivity contribution < 1.29 is 39.6 Å². The predicted molar refractivity (Wildman–Crippen MR) is 125 cm³/mol. The molecular weight excluding hydrogens is 546 g/mol. The van der Waals surface area contributed by atoms with Crippen molar-refractivity contribution in [2.75, 3.05) is 37.7 Å². The summed E-state index contributed by atoms with van der Waals surface area (Å²) < 4.78 is 104. The number of carbonyl (C=O) groups excluding carboxylic acids is 1. The van der Waals surface area contributed by atoms with E-state index in [4.69, 9.17) is 11.6 Å². The van der Waals surface area contributed by atoms with E-state index in [2.05, 4.69) is 0 Å². The van der Waals surface area contributed by atoms with Gasteiger partial charge >= 0.3 is 12.4 Å². The fraction of sp³-hybridized carbons (Fsp3) is 0.458. The first-order valence-electron chi connectivity index (χ1n) is 11.4. The number of sulfone groups is 1. The van der Waals surface area contributed by atoms with Gasteiger partial charge in [-0.3, -0.25) is 9.69 Å². The molecule has 2 aromatic rings. The van der Waals surface area contributed by atoms with Gasteiger partial charge in [-0.25, -0.2) is 8.42 Å². The van der Waals surface area contributed by atoms with E-state index < -0.39 is 44.8 Å². The maximum absolute atomic E-state index is 13.3. The third-order valence-corrected chi connectivity index (χ3v) is 8.71. The number of amides is 1. The standard InChI is InChI=1S/C24H23ClF6N2O3S/c25-19-3-1-15(2-4-19)20-14-33(6-5-21(20)32-7-9-37(35,36)10-8-32)22(34)16-11-17(23(26,27)28)13-18(12-16)24(29,30)31/h1-4,11-13,20-21H,5-10,14H2/t20-,21-/m0/s1. The number of rotatable bonds is 3. The summed E-state index contributed by atoms with van der Waals surface area (Å²) in [4.78, 5) is 16.5. The van der Waals surface area contributed by atoms with Gasteiger partial charge in [-0.15, -0.1) is 0 Å². The van der Waals surface area contributed by atoms with Gasteiger partial charge in [0.15, 0.2) is 9.84 Å². The average Bonchev–Trinajstić information content (AvgIpc) is 2.82. The SMILES string of the molecule is O=C(c1cc(C(F)(F)F)cc(C(F)(F)F)c1)N1CC[C@H](N2CCS(=O)(=O)CC2)[C@H](c2ccc(Cl)cc2)C1. The third kappa shape index (κ3) is 6.40. The average molecular weight is 569 g/mol. The molecule has 202 valence electrons. The molecule has 0 bridgehead atoms. The molecule has 0 spiro atoms. The second kappa shape index (κ2) is 10.1. The van der Waals surface area contributed by atoms with Crippen LogP contribution >= 0.6 is 11.6 Å². The van der Waals surface area contributed by atoms with Crippen molar-refractivity contribution in [3.8, 4) is 0 Å². The van der Waals surface area contributed by atoms with Crippen molar-refractivity contribution in [3.63, 3.8) is 0 Å². The van der Waals surface area contributed by atoms with Gasteiger partial charge in [-0.05, 0) is 42.3 Å². The Kier molecular flexibility index (Phi) is 7.57. The van der Waals surface area contributed by atoms with Crippen LogP contribution in [0, 0.1) is 0 Å². The summed E-state index contributed by atoms with van der Waals surface area (Å²) in [5.41, 5.74) is -3.02. The highest BCUT2D eigenvalue weighted by Gasteiger charge is 2.40. The van der Waals surface area contributed by atoms with E-state index in [1.165, 1.54) is 4.90 Å². The van der Waals surface area contributed by atoms with Crippen LogP contribution < -0.4 is 0 Å². The van der Waals surface area contributed by atoms with Crippen molar-refractivity contribution in [1.82, 2.24) is 9.80 Å². The van der Waals surface area contributed by atoms with Crippen molar-refractivity contribution >= 4 is 27.3 Å². The van der Waals surface area contributed by atoms with E-state index in [9.17, 15) is 39.6 Å². The Bertz CT molecular complexity index is 1220. The van der Waals surface area contributed by atoms with Crippen LogP contribution in [0.25, 0.3) is 0 Å². The summed E-state index contributed by atoms with van der Waals surface area (Å²) in [7, 11) is -3.14. The van der Waals surface area contributed by atoms with E-state index in [0.29, 0.717) is 36.7 Å². The second-order valence-electron chi connectivity index (χ2n) is 9.25. The van der Waals surface area contributed by atoms with Crippen LogP contribution in [0.2, 0.25) is 5.02 Å². The lowest BCUT2D eigenvalue weighted by molar-refractivity contribution is -0.143. The number of likely N-dealkylation sites (tertiary alicyclic amines) is 1. The predicted octanol–water partition coefficient (Wildman–Crippen LogP) is 5.11. The topological polar surface area (TPSA) is 57.7 Å². The highest BCUT2D eigenvalue weighted by Crippen LogP contribution is 2.38. The van der Waals surface area contributed by atoms with Crippen LogP contribution in [0.5, 0.6) is 0 Å². The molecule has 1 amide bonds. The molecule has 0 aliphatic carbocycles. The van der Waals surface area contributed by atoms with Crippen LogP contribution in [-0.2, 0) is 22.2 Å². The van der Waals surface area contributed by atoms with Gasteiger partial charge in [0.05, 0.1) is 22.6 Å². The second-order valence-corrected chi connectivity index (χ2v) is 12.0. The van der Waals surface area contributed by atoms with Crippen LogP contribution in [-0.4, -0.2) is 67.9 Å². The molecule has 0 N–H and O–H groups in total. The number of alkyl halides is 6. The zero-order valence-electron chi connectivity index (χ0n) is 19.3. The molecule has 13 heteroatoms. The van der Waals surface area contributed by atoms with Crippen LogP contribution in [0.4, 0.5) is 26.3 Å². The summed E-state index contributed by atoms with van der Waals surface area (Å²) in [6, 6.07) is 7.50. The molecule has 2 fully saturated rings. The fourth-order valence-corrected chi connectivity index (χ4v) is 6.27. The van der Waals surface area contributed by atoms with Gasteiger partial charge in [0, 0.05) is 48.7 Å². The van der Waals surface area contributed by atoms with E-state index >= 15 is 0 Å². The third-order valence-electron chi connectivity index (χ3n) is 6.84. The maximum atomic E-state index is 13.3. The van der Waals surface area contributed by atoms with Gasteiger partial charge in [-0.2, -0.15) is 26.3 Å². The number of hydrogen-bond acceptors (Lipinski definition) is 4. The number of piperidine rings is 1. The molecule has 0 saturated carbocycles. The van der Waals surface area contributed by atoms with Crippen molar-refractivity contribution in [2.45, 2.75) is 30.7 Å². The van der Waals surface area contributed by atoms with E-state index in [1.54, 1.807) is 24.3 Å². The quantitative estimate of drug-likeness (QED) is 0.483. The first-order valence-corrected chi connectivity index (χ1v) is 13.6. The zero-order chi connectivity index (χ0) is 27.2. The Morgan fingerprint density at radius 2 is 1.41 bits per heavy atom. The van der Waals surface area contributed by atoms with Crippen LogP contribution in [0.3, 0.4) is 0 Å². The Labute approximate surface area is 214 Å². The Balaban J connectivity index is 1.65.